The lowest BCUT2D eigenvalue weighted by atomic mass is 10.1. The zero-order chi connectivity index (χ0) is 18.2. The van der Waals surface area contributed by atoms with Gasteiger partial charge in [-0.05, 0) is 43.7 Å². The Kier molecular flexibility index (Phi) is 6.19. The summed E-state index contributed by atoms with van der Waals surface area (Å²) in [4.78, 5) is 12.3. The molecule has 0 aromatic heterocycles. The largest absolute Gasteiger partial charge is 0.497 e. The average Bonchev–Trinajstić information content (AvgIpc) is 2.63. The Morgan fingerprint density at radius 3 is 2.36 bits per heavy atom. The van der Waals surface area contributed by atoms with Crippen molar-refractivity contribution in [2.24, 2.45) is 0 Å². The van der Waals surface area contributed by atoms with Gasteiger partial charge < -0.3 is 15.4 Å². The van der Waals surface area contributed by atoms with Gasteiger partial charge in [-0.3, -0.25) is 4.79 Å². The van der Waals surface area contributed by atoms with Crippen molar-refractivity contribution in [2.75, 3.05) is 12.4 Å². The minimum absolute atomic E-state index is 0.0148. The zero-order valence-corrected chi connectivity index (χ0v) is 14.5. The van der Waals surface area contributed by atoms with E-state index < -0.39 is 5.91 Å². The van der Waals surface area contributed by atoms with Crippen molar-refractivity contribution in [1.29, 1.82) is 5.26 Å². The van der Waals surface area contributed by atoms with Gasteiger partial charge in [-0.1, -0.05) is 29.8 Å². The molecule has 1 amide bonds. The van der Waals surface area contributed by atoms with Gasteiger partial charge in [-0.2, -0.15) is 5.26 Å². The van der Waals surface area contributed by atoms with Crippen LogP contribution in [0.4, 0.5) is 5.69 Å². The van der Waals surface area contributed by atoms with Gasteiger partial charge in [0.1, 0.15) is 17.4 Å². The Balaban J connectivity index is 2.01. The first kappa shape index (κ1) is 18.1. The molecular weight excluding hydrogens is 314 g/mol. The van der Waals surface area contributed by atoms with Crippen LogP contribution in [0, 0.1) is 18.3 Å². The molecule has 0 aliphatic rings. The highest BCUT2D eigenvalue weighted by atomic mass is 16.5. The van der Waals surface area contributed by atoms with E-state index in [0.29, 0.717) is 0 Å². The summed E-state index contributed by atoms with van der Waals surface area (Å²) in [5.41, 5.74) is 2.90. The minimum atomic E-state index is -0.426. The number of ether oxygens (including phenoxy) is 1. The second-order valence-electron chi connectivity index (χ2n) is 5.65. The van der Waals surface area contributed by atoms with Gasteiger partial charge in [0.05, 0.1) is 13.2 Å². The SMILES string of the molecule is COc1ccc(C(C)NC(=O)/C(C#N)=C\Nc2ccc(C)cc2)cc1. The van der Waals surface area contributed by atoms with E-state index in [2.05, 4.69) is 10.6 Å². The number of nitrogens with zero attached hydrogens (tertiary/aromatic N) is 1. The average molecular weight is 335 g/mol. The van der Waals surface area contributed by atoms with E-state index in [1.54, 1.807) is 7.11 Å². The molecule has 0 fully saturated rings. The maximum absolute atomic E-state index is 12.3. The van der Waals surface area contributed by atoms with E-state index in [-0.39, 0.29) is 11.6 Å². The number of nitrogens with one attached hydrogen (secondary N) is 2. The van der Waals surface area contributed by atoms with Crippen molar-refractivity contribution in [3.63, 3.8) is 0 Å². The number of methoxy groups -OCH3 is 1. The Morgan fingerprint density at radius 1 is 1.16 bits per heavy atom. The van der Waals surface area contributed by atoms with Gasteiger partial charge in [0, 0.05) is 11.9 Å². The lowest BCUT2D eigenvalue weighted by Crippen LogP contribution is -2.28. The fourth-order valence-electron chi connectivity index (χ4n) is 2.20. The van der Waals surface area contributed by atoms with Crippen LogP contribution in [-0.2, 0) is 4.79 Å². The summed E-state index contributed by atoms with van der Waals surface area (Å²) in [6.45, 7) is 3.86. The summed E-state index contributed by atoms with van der Waals surface area (Å²) >= 11 is 0. The zero-order valence-electron chi connectivity index (χ0n) is 14.5. The highest BCUT2D eigenvalue weighted by molar-refractivity contribution is 5.97. The molecule has 0 radical (unpaired) electrons. The first-order chi connectivity index (χ1) is 12.0. The third-order valence-electron chi connectivity index (χ3n) is 3.76. The van der Waals surface area contributed by atoms with Crippen LogP contribution in [0.2, 0.25) is 0 Å². The molecule has 1 unspecified atom stereocenters. The molecule has 5 nitrogen and oxygen atoms in total. The van der Waals surface area contributed by atoms with Crippen molar-refractivity contribution in [2.45, 2.75) is 19.9 Å². The minimum Gasteiger partial charge on any atom is -0.497 e. The van der Waals surface area contributed by atoms with E-state index in [0.717, 1.165) is 22.6 Å². The first-order valence-corrected chi connectivity index (χ1v) is 7.91. The van der Waals surface area contributed by atoms with Gasteiger partial charge >= 0.3 is 0 Å². The topological polar surface area (TPSA) is 74.1 Å². The highest BCUT2D eigenvalue weighted by Crippen LogP contribution is 2.17. The monoisotopic (exact) mass is 335 g/mol. The van der Waals surface area contributed by atoms with E-state index in [1.165, 1.54) is 6.20 Å². The summed E-state index contributed by atoms with van der Waals surface area (Å²) in [5.74, 6) is 0.326. The van der Waals surface area contributed by atoms with Gasteiger partial charge in [-0.15, -0.1) is 0 Å². The van der Waals surface area contributed by atoms with Crippen molar-refractivity contribution >= 4 is 11.6 Å². The molecule has 5 heteroatoms. The molecule has 0 aliphatic heterocycles. The normalized spacial score (nSPS) is 12.0. The number of hydrogen-bond donors (Lipinski definition) is 2. The molecule has 0 saturated heterocycles. The molecule has 0 heterocycles. The van der Waals surface area contributed by atoms with Gasteiger partial charge in [0.2, 0.25) is 0 Å². The Bertz CT molecular complexity index is 787. The lowest BCUT2D eigenvalue weighted by molar-refractivity contribution is -0.117. The molecular formula is C20H21N3O2. The number of amides is 1. The smallest absolute Gasteiger partial charge is 0.263 e. The molecule has 25 heavy (non-hydrogen) atoms. The van der Waals surface area contributed by atoms with E-state index >= 15 is 0 Å². The Labute approximate surface area is 147 Å². The van der Waals surface area contributed by atoms with Crippen LogP contribution < -0.4 is 15.4 Å². The number of rotatable bonds is 6. The van der Waals surface area contributed by atoms with Crippen LogP contribution >= 0.6 is 0 Å². The number of hydrogen-bond acceptors (Lipinski definition) is 4. The molecule has 2 N–H and O–H groups in total. The number of anilines is 1. The second-order valence-corrected chi connectivity index (χ2v) is 5.65. The standard InChI is InChI=1S/C20H21N3O2/c1-14-4-8-18(9-5-14)22-13-17(12-21)20(24)23-15(2)16-6-10-19(25-3)11-7-16/h4-11,13,15,22H,1-3H3,(H,23,24)/b17-13-. The first-order valence-electron chi connectivity index (χ1n) is 7.91. The summed E-state index contributed by atoms with van der Waals surface area (Å²) in [6, 6.07) is 16.8. The van der Waals surface area contributed by atoms with Crippen LogP contribution in [0.3, 0.4) is 0 Å². The number of aryl methyl sites for hydroxylation is 1. The molecule has 2 aromatic rings. The summed E-state index contributed by atoms with van der Waals surface area (Å²) in [7, 11) is 1.60. The maximum atomic E-state index is 12.3. The summed E-state index contributed by atoms with van der Waals surface area (Å²) < 4.78 is 5.12. The highest BCUT2D eigenvalue weighted by Gasteiger charge is 2.13. The van der Waals surface area contributed by atoms with E-state index in [4.69, 9.17) is 4.74 Å². The van der Waals surface area contributed by atoms with Crippen molar-refractivity contribution in [3.8, 4) is 11.8 Å². The van der Waals surface area contributed by atoms with Crippen LogP contribution in [0.1, 0.15) is 24.1 Å². The second kappa shape index (κ2) is 8.55. The third-order valence-corrected chi connectivity index (χ3v) is 3.76. The molecule has 0 aliphatic carbocycles. The van der Waals surface area contributed by atoms with E-state index in [9.17, 15) is 10.1 Å². The van der Waals surface area contributed by atoms with Crippen molar-refractivity contribution in [3.05, 3.63) is 71.4 Å². The maximum Gasteiger partial charge on any atom is 0.263 e. The van der Waals surface area contributed by atoms with Crippen molar-refractivity contribution < 1.29 is 9.53 Å². The quantitative estimate of drug-likeness (QED) is 0.623. The van der Waals surface area contributed by atoms with Gasteiger partial charge in [0.15, 0.2) is 0 Å². The van der Waals surface area contributed by atoms with Crippen LogP contribution in [0.25, 0.3) is 0 Å². The summed E-state index contributed by atoms with van der Waals surface area (Å²) in [5, 5.41) is 15.0. The molecule has 1 atom stereocenters. The van der Waals surface area contributed by atoms with Gasteiger partial charge in [-0.25, -0.2) is 0 Å². The fraction of sp³-hybridized carbons (Fsp3) is 0.200. The molecule has 2 rings (SSSR count). The number of carbonyl (C=O) groups is 1. The van der Waals surface area contributed by atoms with Crippen LogP contribution in [0.5, 0.6) is 5.75 Å². The number of nitriles is 1. The number of benzene rings is 2. The van der Waals surface area contributed by atoms with Gasteiger partial charge in [0.25, 0.3) is 5.91 Å². The molecule has 2 aromatic carbocycles. The summed E-state index contributed by atoms with van der Waals surface area (Å²) in [6.07, 6.45) is 1.42. The predicted molar refractivity (Wildman–Crippen MR) is 98.0 cm³/mol. The molecule has 0 bridgehead atoms. The van der Waals surface area contributed by atoms with E-state index in [1.807, 2.05) is 68.4 Å². The third kappa shape index (κ3) is 5.11. The predicted octanol–water partition coefficient (Wildman–Crippen LogP) is 3.70. The Hall–Kier alpha value is -3.26. The van der Waals surface area contributed by atoms with Crippen LogP contribution in [-0.4, -0.2) is 13.0 Å². The fourth-order valence-corrected chi connectivity index (χ4v) is 2.20. The number of carbonyl (C=O) groups excluding carboxylic acids is 1. The molecule has 128 valence electrons. The Morgan fingerprint density at radius 2 is 1.80 bits per heavy atom. The van der Waals surface area contributed by atoms with Crippen LogP contribution in [0.15, 0.2) is 60.3 Å². The molecule has 0 saturated carbocycles. The van der Waals surface area contributed by atoms with Crippen molar-refractivity contribution in [1.82, 2.24) is 5.32 Å². The lowest BCUT2D eigenvalue weighted by Gasteiger charge is -2.14. The molecule has 0 spiro atoms.